The summed E-state index contributed by atoms with van der Waals surface area (Å²) in [5.74, 6) is 0.000359. The zero-order valence-corrected chi connectivity index (χ0v) is 16.7. The third-order valence-electron chi connectivity index (χ3n) is 4.22. The van der Waals surface area contributed by atoms with Crippen molar-refractivity contribution < 1.29 is 19.7 Å². The van der Waals surface area contributed by atoms with Gasteiger partial charge in [0.15, 0.2) is 0 Å². The molecule has 0 heterocycles. The predicted octanol–water partition coefficient (Wildman–Crippen LogP) is 4.72. The Kier molecular flexibility index (Phi) is 6.83. The maximum atomic E-state index is 12.4. The third-order valence-corrected chi connectivity index (χ3v) is 4.72. The Labute approximate surface area is 166 Å². The van der Waals surface area contributed by atoms with Gasteiger partial charge in [0.1, 0.15) is 11.9 Å². The van der Waals surface area contributed by atoms with E-state index in [-0.39, 0.29) is 12.4 Å². The number of benzene rings is 2. The molecule has 0 aliphatic heterocycles. The summed E-state index contributed by atoms with van der Waals surface area (Å²) in [4.78, 5) is 12.4. The molecule has 2 rings (SSSR count). The summed E-state index contributed by atoms with van der Waals surface area (Å²) < 4.78 is 6.38. The molecule has 0 aliphatic carbocycles. The summed E-state index contributed by atoms with van der Waals surface area (Å²) in [5.41, 5.74) is 0.776. The number of halogens is 1. The van der Waals surface area contributed by atoms with Crippen LogP contribution in [0.5, 0.6) is 5.75 Å². The fourth-order valence-corrected chi connectivity index (χ4v) is 3.06. The van der Waals surface area contributed by atoms with Crippen molar-refractivity contribution in [2.24, 2.45) is 5.41 Å². The van der Waals surface area contributed by atoms with Crippen molar-refractivity contribution in [1.82, 2.24) is 0 Å². The number of rotatable bonds is 6. The lowest BCUT2D eigenvalue weighted by molar-refractivity contribution is 0.0138. The molecule has 7 heteroatoms. The molecular weight excluding hydrogens is 412 g/mol. The smallest absolute Gasteiger partial charge is 0.412 e. The van der Waals surface area contributed by atoms with Crippen LogP contribution in [0.15, 0.2) is 46.9 Å². The van der Waals surface area contributed by atoms with Crippen LogP contribution in [0.3, 0.4) is 0 Å². The number of hydrogen-bond donors (Lipinski definition) is 3. The third kappa shape index (κ3) is 5.46. The van der Waals surface area contributed by atoms with Gasteiger partial charge in [-0.3, -0.25) is 5.32 Å². The number of aliphatic hydroxyl groups excluding tert-OH is 1. The molecule has 2 aromatic rings. The van der Waals surface area contributed by atoms with E-state index in [1.54, 1.807) is 36.4 Å². The number of phenolic OH excluding ortho intramolecular Hbond substituents is 1. The number of aromatic hydroxyl groups is 1. The Morgan fingerprint density at radius 1 is 1.30 bits per heavy atom. The van der Waals surface area contributed by atoms with E-state index in [4.69, 9.17) is 10.00 Å². The zero-order valence-electron chi connectivity index (χ0n) is 15.1. The van der Waals surface area contributed by atoms with Crippen LogP contribution in [0, 0.1) is 16.7 Å². The second kappa shape index (κ2) is 8.89. The first-order chi connectivity index (χ1) is 12.8. The van der Waals surface area contributed by atoms with Gasteiger partial charge in [-0.2, -0.15) is 5.26 Å². The molecule has 1 amide bonds. The molecule has 0 saturated heterocycles. The van der Waals surface area contributed by atoms with Crippen molar-refractivity contribution in [2.45, 2.75) is 26.4 Å². The standard InChI is InChI=1S/C20H21BrN2O4/c1-20(2,9-10-24)18(16-11-14(21)5-8-17(16)25)27-19(26)23-15-6-3-13(12-22)4-7-15/h3-8,11,18,24-25H,9-10H2,1-2H3,(H,23,26)/t18-/m0/s1. The topological polar surface area (TPSA) is 103 Å². The first-order valence-electron chi connectivity index (χ1n) is 8.34. The molecule has 27 heavy (non-hydrogen) atoms. The zero-order chi connectivity index (χ0) is 20.0. The van der Waals surface area contributed by atoms with Crippen LogP contribution in [0.1, 0.15) is 37.5 Å². The van der Waals surface area contributed by atoms with Gasteiger partial charge in [-0.25, -0.2) is 4.79 Å². The number of aliphatic hydroxyl groups is 1. The van der Waals surface area contributed by atoms with Crippen LogP contribution < -0.4 is 5.32 Å². The van der Waals surface area contributed by atoms with Crippen molar-refractivity contribution in [2.75, 3.05) is 11.9 Å². The van der Waals surface area contributed by atoms with Gasteiger partial charge >= 0.3 is 6.09 Å². The Hall–Kier alpha value is -2.56. The number of anilines is 1. The predicted molar refractivity (Wildman–Crippen MR) is 105 cm³/mol. The van der Waals surface area contributed by atoms with Crippen LogP contribution in [-0.2, 0) is 4.74 Å². The molecule has 0 spiro atoms. The van der Waals surface area contributed by atoms with E-state index in [2.05, 4.69) is 21.2 Å². The molecule has 6 nitrogen and oxygen atoms in total. The molecular formula is C20H21BrN2O4. The number of carbonyl (C=O) groups excluding carboxylic acids is 1. The van der Waals surface area contributed by atoms with E-state index in [1.807, 2.05) is 19.9 Å². The van der Waals surface area contributed by atoms with Crippen LogP contribution in [0.2, 0.25) is 0 Å². The number of ether oxygens (including phenoxy) is 1. The molecule has 2 aromatic carbocycles. The molecule has 0 saturated carbocycles. The van der Waals surface area contributed by atoms with Gasteiger partial charge < -0.3 is 14.9 Å². The number of carbonyl (C=O) groups is 1. The first kappa shape index (κ1) is 20.7. The Morgan fingerprint density at radius 3 is 2.56 bits per heavy atom. The number of amides is 1. The minimum Gasteiger partial charge on any atom is -0.508 e. The summed E-state index contributed by atoms with van der Waals surface area (Å²) in [6.07, 6.45) is -1.12. The van der Waals surface area contributed by atoms with Gasteiger partial charge in [0.05, 0.1) is 11.6 Å². The van der Waals surface area contributed by atoms with Crippen LogP contribution in [0.25, 0.3) is 0 Å². The second-order valence-corrected chi connectivity index (χ2v) is 7.68. The first-order valence-corrected chi connectivity index (χ1v) is 9.13. The quantitative estimate of drug-likeness (QED) is 0.612. The van der Waals surface area contributed by atoms with Crippen molar-refractivity contribution in [3.63, 3.8) is 0 Å². The highest BCUT2D eigenvalue weighted by atomic mass is 79.9. The van der Waals surface area contributed by atoms with Crippen LogP contribution >= 0.6 is 15.9 Å². The molecule has 0 aromatic heterocycles. The van der Waals surface area contributed by atoms with Crippen molar-refractivity contribution in [3.05, 3.63) is 58.1 Å². The highest BCUT2D eigenvalue weighted by molar-refractivity contribution is 9.10. The van der Waals surface area contributed by atoms with Crippen LogP contribution in [-0.4, -0.2) is 22.9 Å². The van der Waals surface area contributed by atoms with E-state index in [1.165, 1.54) is 6.07 Å². The van der Waals surface area contributed by atoms with Crippen molar-refractivity contribution in [3.8, 4) is 11.8 Å². The minimum absolute atomic E-state index is 0.000359. The van der Waals surface area contributed by atoms with Gasteiger partial charge in [0.25, 0.3) is 0 Å². The Morgan fingerprint density at radius 2 is 1.96 bits per heavy atom. The maximum absolute atomic E-state index is 12.4. The molecule has 3 N–H and O–H groups in total. The molecule has 0 radical (unpaired) electrons. The summed E-state index contributed by atoms with van der Waals surface area (Å²) in [5, 5.41) is 31.1. The van der Waals surface area contributed by atoms with E-state index in [0.29, 0.717) is 23.2 Å². The Bertz CT molecular complexity index is 844. The lowest BCUT2D eigenvalue weighted by Crippen LogP contribution is -2.30. The van der Waals surface area contributed by atoms with Crippen molar-refractivity contribution >= 4 is 27.7 Å². The van der Waals surface area contributed by atoms with Gasteiger partial charge in [-0.1, -0.05) is 29.8 Å². The number of nitrogens with zero attached hydrogens (tertiary/aromatic N) is 1. The number of hydrogen-bond acceptors (Lipinski definition) is 5. The fourth-order valence-electron chi connectivity index (χ4n) is 2.68. The van der Waals surface area contributed by atoms with Gasteiger partial charge in [-0.15, -0.1) is 0 Å². The normalized spacial score (nSPS) is 12.1. The van der Waals surface area contributed by atoms with E-state index in [0.717, 1.165) is 4.47 Å². The highest BCUT2D eigenvalue weighted by Crippen LogP contribution is 2.43. The molecule has 142 valence electrons. The summed E-state index contributed by atoms with van der Waals surface area (Å²) in [7, 11) is 0. The molecule has 0 aliphatic rings. The van der Waals surface area contributed by atoms with Gasteiger partial charge in [0.2, 0.25) is 0 Å². The largest absolute Gasteiger partial charge is 0.508 e. The van der Waals surface area contributed by atoms with E-state index >= 15 is 0 Å². The summed E-state index contributed by atoms with van der Waals surface area (Å²) in [6, 6.07) is 13.3. The van der Waals surface area contributed by atoms with Gasteiger partial charge in [-0.05, 0) is 48.9 Å². The fraction of sp³-hybridized carbons (Fsp3) is 0.300. The minimum atomic E-state index is -0.791. The summed E-state index contributed by atoms with van der Waals surface area (Å²) >= 11 is 3.36. The van der Waals surface area contributed by atoms with E-state index in [9.17, 15) is 15.0 Å². The molecule has 0 bridgehead atoms. The molecule has 0 unspecified atom stereocenters. The Balaban J connectivity index is 2.26. The number of nitriles is 1. The number of nitrogens with one attached hydrogen (secondary N) is 1. The monoisotopic (exact) mass is 432 g/mol. The average Bonchev–Trinajstić information content (AvgIpc) is 2.62. The second-order valence-electron chi connectivity index (χ2n) is 6.76. The van der Waals surface area contributed by atoms with Crippen LogP contribution in [0.4, 0.5) is 10.5 Å². The van der Waals surface area contributed by atoms with E-state index < -0.39 is 17.6 Å². The summed E-state index contributed by atoms with van der Waals surface area (Å²) in [6.45, 7) is 3.62. The van der Waals surface area contributed by atoms with Gasteiger partial charge in [0, 0.05) is 27.7 Å². The molecule has 0 fully saturated rings. The average molecular weight is 433 g/mol. The number of phenols is 1. The van der Waals surface area contributed by atoms with Crippen molar-refractivity contribution in [1.29, 1.82) is 5.26 Å². The lowest BCUT2D eigenvalue weighted by Gasteiger charge is -2.34. The maximum Gasteiger partial charge on any atom is 0.412 e. The molecule has 1 atom stereocenters. The SMILES string of the molecule is CC(C)(CCO)[C@@H](OC(=O)Nc1ccc(C#N)cc1)c1cc(Br)ccc1O. The highest BCUT2D eigenvalue weighted by Gasteiger charge is 2.35. The lowest BCUT2D eigenvalue weighted by atomic mass is 9.79.